The fourth-order valence-electron chi connectivity index (χ4n) is 2.19. The van der Waals surface area contributed by atoms with Crippen molar-refractivity contribution in [1.29, 1.82) is 0 Å². The van der Waals surface area contributed by atoms with Crippen LogP contribution in [0.2, 0.25) is 0 Å². The van der Waals surface area contributed by atoms with Crippen molar-refractivity contribution in [1.82, 2.24) is 5.32 Å². The molecule has 0 aromatic heterocycles. The number of amides is 1. The average Bonchev–Trinajstić information content (AvgIpc) is 2.48. The van der Waals surface area contributed by atoms with Crippen LogP contribution in [0.4, 0.5) is 5.69 Å². The lowest BCUT2D eigenvalue weighted by atomic mass is 10.1. The summed E-state index contributed by atoms with van der Waals surface area (Å²) in [6.45, 7) is 3.98. The second kappa shape index (κ2) is 6.24. The summed E-state index contributed by atoms with van der Waals surface area (Å²) < 4.78 is 0. The van der Waals surface area contributed by atoms with Gasteiger partial charge in [0.25, 0.3) is 5.91 Å². The Morgan fingerprint density at radius 3 is 2.40 bits per heavy atom. The van der Waals surface area contributed by atoms with E-state index in [9.17, 15) is 4.79 Å². The Bertz CT molecular complexity index is 593. The lowest BCUT2D eigenvalue weighted by Crippen LogP contribution is -2.26. The molecule has 3 heteroatoms. The van der Waals surface area contributed by atoms with E-state index in [1.807, 2.05) is 69.4 Å². The number of carbonyl (C=O) groups excluding carboxylic acids is 1. The van der Waals surface area contributed by atoms with Crippen molar-refractivity contribution in [3.8, 4) is 0 Å². The first-order valence-corrected chi connectivity index (χ1v) is 6.76. The molecular weight excluding hydrogens is 248 g/mol. The highest BCUT2D eigenvalue weighted by atomic mass is 16.1. The Balaban J connectivity index is 2.10. The molecule has 0 aliphatic rings. The van der Waals surface area contributed by atoms with Gasteiger partial charge in [0.1, 0.15) is 0 Å². The van der Waals surface area contributed by atoms with Crippen LogP contribution in [0.15, 0.2) is 48.5 Å². The van der Waals surface area contributed by atoms with Crippen molar-refractivity contribution in [3.63, 3.8) is 0 Å². The van der Waals surface area contributed by atoms with Crippen LogP contribution in [0.25, 0.3) is 0 Å². The summed E-state index contributed by atoms with van der Waals surface area (Å²) in [6.07, 6.45) is 0. The van der Waals surface area contributed by atoms with Gasteiger partial charge in [0.05, 0.1) is 6.04 Å². The normalized spacial score (nSPS) is 11.8. The minimum absolute atomic E-state index is 0.00650. The first-order chi connectivity index (χ1) is 9.61. The summed E-state index contributed by atoms with van der Waals surface area (Å²) in [7, 11) is 1.87. The van der Waals surface area contributed by atoms with Gasteiger partial charge in [0.15, 0.2) is 0 Å². The van der Waals surface area contributed by atoms with E-state index in [4.69, 9.17) is 0 Å². The molecule has 2 aromatic rings. The van der Waals surface area contributed by atoms with Gasteiger partial charge < -0.3 is 10.6 Å². The molecule has 0 radical (unpaired) electrons. The molecule has 1 atom stereocenters. The summed E-state index contributed by atoms with van der Waals surface area (Å²) in [6, 6.07) is 15.6. The van der Waals surface area contributed by atoms with Crippen LogP contribution in [0, 0.1) is 6.92 Å². The number of benzene rings is 2. The minimum Gasteiger partial charge on any atom is -0.388 e. The molecule has 0 fully saturated rings. The van der Waals surface area contributed by atoms with E-state index < -0.39 is 0 Å². The molecule has 2 rings (SSSR count). The number of hydrogen-bond acceptors (Lipinski definition) is 2. The first kappa shape index (κ1) is 14.1. The van der Waals surface area contributed by atoms with Gasteiger partial charge in [-0.25, -0.2) is 0 Å². The topological polar surface area (TPSA) is 41.1 Å². The Hall–Kier alpha value is -2.29. The predicted molar refractivity (Wildman–Crippen MR) is 83.0 cm³/mol. The van der Waals surface area contributed by atoms with Crippen LogP contribution in [0.1, 0.15) is 34.5 Å². The van der Waals surface area contributed by atoms with E-state index >= 15 is 0 Å². The highest BCUT2D eigenvalue weighted by molar-refractivity contribution is 5.95. The average molecular weight is 268 g/mol. The zero-order valence-corrected chi connectivity index (χ0v) is 12.1. The Morgan fingerprint density at radius 1 is 1.10 bits per heavy atom. The molecule has 3 nitrogen and oxygen atoms in total. The largest absolute Gasteiger partial charge is 0.388 e. The Labute approximate surface area is 120 Å². The number of rotatable bonds is 4. The molecule has 0 aliphatic carbocycles. The lowest BCUT2D eigenvalue weighted by Gasteiger charge is -2.15. The van der Waals surface area contributed by atoms with E-state index in [2.05, 4.69) is 10.6 Å². The number of hydrogen-bond donors (Lipinski definition) is 2. The van der Waals surface area contributed by atoms with Crippen molar-refractivity contribution >= 4 is 11.6 Å². The van der Waals surface area contributed by atoms with Gasteiger partial charge in [-0.1, -0.05) is 30.3 Å². The maximum absolute atomic E-state index is 12.2. The molecule has 2 N–H and O–H groups in total. The van der Waals surface area contributed by atoms with Crippen LogP contribution < -0.4 is 10.6 Å². The van der Waals surface area contributed by atoms with Crippen molar-refractivity contribution in [3.05, 3.63) is 65.2 Å². The van der Waals surface area contributed by atoms with Gasteiger partial charge in [-0.05, 0) is 43.2 Å². The van der Waals surface area contributed by atoms with Crippen molar-refractivity contribution in [2.45, 2.75) is 19.9 Å². The summed E-state index contributed by atoms with van der Waals surface area (Å²) in [5, 5.41) is 6.11. The van der Waals surface area contributed by atoms with Crippen LogP contribution >= 0.6 is 0 Å². The second-order valence-electron chi connectivity index (χ2n) is 4.89. The van der Waals surface area contributed by atoms with Gasteiger partial charge in [0, 0.05) is 18.3 Å². The van der Waals surface area contributed by atoms with Crippen LogP contribution in [-0.2, 0) is 0 Å². The number of aryl methyl sites for hydroxylation is 1. The monoisotopic (exact) mass is 268 g/mol. The van der Waals surface area contributed by atoms with E-state index in [1.165, 1.54) is 0 Å². The molecule has 0 spiro atoms. The molecule has 0 aliphatic heterocycles. The molecule has 1 amide bonds. The SMILES string of the molecule is CNc1ccc(C(=O)NC(C)c2ccccc2)cc1C. The van der Waals surface area contributed by atoms with E-state index in [1.54, 1.807) is 0 Å². The van der Waals surface area contributed by atoms with E-state index in [0.717, 1.165) is 16.8 Å². The number of carbonyl (C=O) groups is 1. The molecular formula is C17H20N2O. The van der Waals surface area contributed by atoms with Crippen molar-refractivity contribution in [2.75, 3.05) is 12.4 Å². The smallest absolute Gasteiger partial charge is 0.251 e. The highest BCUT2D eigenvalue weighted by Crippen LogP contribution is 2.17. The summed E-state index contributed by atoms with van der Waals surface area (Å²) >= 11 is 0. The third-order valence-corrected chi connectivity index (χ3v) is 3.41. The second-order valence-corrected chi connectivity index (χ2v) is 4.89. The fraction of sp³-hybridized carbons (Fsp3) is 0.235. The van der Waals surface area contributed by atoms with Crippen LogP contribution in [0.5, 0.6) is 0 Å². The highest BCUT2D eigenvalue weighted by Gasteiger charge is 2.11. The molecule has 0 bridgehead atoms. The lowest BCUT2D eigenvalue weighted by molar-refractivity contribution is 0.0940. The molecule has 104 valence electrons. The zero-order valence-electron chi connectivity index (χ0n) is 12.1. The van der Waals surface area contributed by atoms with Gasteiger partial charge >= 0.3 is 0 Å². The van der Waals surface area contributed by atoms with Gasteiger partial charge in [-0.3, -0.25) is 4.79 Å². The molecule has 0 saturated carbocycles. The standard InChI is InChI=1S/C17H20N2O/c1-12-11-15(9-10-16(12)18-3)17(20)19-13(2)14-7-5-4-6-8-14/h4-11,13,18H,1-3H3,(H,19,20). The Kier molecular flexibility index (Phi) is 4.41. The molecule has 0 heterocycles. The zero-order chi connectivity index (χ0) is 14.5. The van der Waals surface area contributed by atoms with Crippen LogP contribution in [0.3, 0.4) is 0 Å². The van der Waals surface area contributed by atoms with Gasteiger partial charge in [0.2, 0.25) is 0 Å². The minimum atomic E-state index is -0.0490. The van der Waals surface area contributed by atoms with Gasteiger partial charge in [-0.15, -0.1) is 0 Å². The maximum atomic E-state index is 12.2. The van der Waals surface area contributed by atoms with E-state index in [-0.39, 0.29) is 11.9 Å². The van der Waals surface area contributed by atoms with Crippen molar-refractivity contribution < 1.29 is 4.79 Å². The quantitative estimate of drug-likeness (QED) is 0.890. The molecule has 1 unspecified atom stereocenters. The summed E-state index contributed by atoms with van der Waals surface area (Å²) in [4.78, 5) is 12.2. The molecule has 0 saturated heterocycles. The maximum Gasteiger partial charge on any atom is 0.251 e. The third-order valence-electron chi connectivity index (χ3n) is 3.41. The number of nitrogens with one attached hydrogen (secondary N) is 2. The predicted octanol–water partition coefficient (Wildman–Crippen LogP) is 3.53. The summed E-state index contributed by atoms with van der Waals surface area (Å²) in [5.41, 5.74) is 3.89. The first-order valence-electron chi connectivity index (χ1n) is 6.76. The van der Waals surface area contributed by atoms with Crippen LogP contribution in [-0.4, -0.2) is 13.0 Å². The van der Waals surface area contributed by atoms with Crippen molar-refractivity contribution in [2.24, 2.45) is 0 Å². The van der Waals surface area contributed by atoms with Gasteiger partial charge in [-0.2, -0.15) is 0 Å². The third kappa shape index (κ3) is 3.18. The summed E-state index contributed by atoms with van der Waals surface area (Å²) in [5.74, 6) is -0.0490. The molecule has 2 aromatic carbocycles. The number of anilines is 1. The molecule has 20 heavy (non-hydrogen) atoms. The Morgan fingerprint density at radius 2 is 1.80 bits per heavy atom. The fourth-order valence-corrected chi connectivity index (χ4v) is 2.19. The van der Waals surface area contributed by atoms with E-state index in [0.29, 0.717) is 5.56 Å².